The quantitative estimate of drug-likeness (QED) is 0.889. The summed E-state index contributed by atoms with van der Waals surface area (Å²) in [6.07, 6.45) is 3.38. The highest BCUT2D eigenvalue weighted by atomic mass is 35.5. The summed E-state index contributed by atoms with van der Waals surface area (Å²) in [4.78, 5) is 15.9. The van der Waals surface area contributed by atoms with Crippen molar-refractivity contribution in [3.05, 3.63) is 46.7 Å². The van der Waals surface area contributed by atoms with Gasteiger partial charge in [0.05, 0.1) is 0 Å². The summed E-state index contributed by atoms with van der Waals surface area (Å²) >= 11 is 5.97. The second kappa shape index (κ2) is 4.59. The number of aromatic nitrogens is 2. The van der Waals surface area contributed by atoms with Gasteiger partial charge in [0.2, 0.25) is 5.95 Å². The summed E-state index contributed by atoms with van der Waals surface area (Å²) in [5.41, 5.74) is 1.46. The van der Waals surface area contributed by atoms with Crippen molar-refractivity contribution in [3.63, 3.8) is 0 Å². The fraction of sp³-hybridized carbons (Fsp3) is 0.167. The maximum atomic E-state index is 11.9. The molecule has 1 aromatic heterocycles. The van der Waals surface area contributed by atoms with Gasteiger partial charge in [-0.25, -0.2) is 4.98 Å². The molecule has 0 aliphatic carbocycles. The number of carbonyl (C=O) groups excluding carboxylic acids is 1. The summed E-state index contributed by atoms with van der Waals surface area (Å²) in [5.74, 6) is 0.285. The van der Waals surface area contributed by atoms with E-state index in [9.17, 15) is 4.79 Å². The molecule has 1 N–H and O–H groups in total. The molecule has 1 aromatic carbocycles. The first-order valence-corrected chi connectivity index (χ1v) is 5.50. The monoisotopic (exact) mass is 249 g/mol. The molecule has 0 aliphatic rings. The number of anilines is 1. The zero-order valence-electron chi connectivity index (χ0n) is 9.57. The largest absolute Gasteiger partial charge is 0.320 e. The molecule has 0 radical (unpaired) electrons. The van der Waals surface area contributed by atoms with E-state index < -0.39 is 0 Å². The molecule has 5 heteroatoms. The normalized spacial score (nSPS) is 10.3. The van der Waals surface area contributed by atoms with Crippen LogP contribution in [-0.2, 0) is 7.05 Å². The first-order valence-electron chi connectivity index (χ1n) is 5.13. The predicted molar refractivity (Wildman–Crippen MR) is 67.4 cm³/mol. The average molecular weight is 250 g/mol. The highest BCUT2D eigenvalue weighted by Gasteiger charge is 2.09. The Morgan fingerprint density at radius 2 is 2.24 bits per heavy atom. The Bertz CT molecular complexity index is 563. The molecule has 4 nitrogen and oxygen atoms in total. The SMILES string of the molecule is Cc1ccc(C(=O)Nc2nccn2C)cc1Cl. The second-order valence-electron chi connectivity index (χ2n) is 3.78. The van der Waals surface area contributed by atoms with Crippen LogP contribution in [0.2, 0.25) is 5.02 Å². The van der Waals surface area contributed by atoms with Crippen LogP contribution in [0.4, 0.5) is 5.95 Å². The summed E-state index contributed by atoms with van der Waals surface area (Å²) in [6, 6.07) is 5.20. The molecule has 0 fully saturated rings. The standard InChI is InChI=1S/C12H12ClN3O/c1-8-3-4-9(7-10(8)13)11(17)15-12-14-5-6-16(12)2/h3-7H,1-2H3,(H,14,15,17). The topological polar surface area (TPSA) is 46.9 Å². The van der Waals surface area contributed by atoms with Crippen molar-refractivity contribution < 1.29 is 4.79 Å². The van der Waals surface area contributed by atoms with E-state index in [0.717, 1.165) is 5.56 Å². The van der Waals surface area contributed by atoms with Crippen LogP contribution in [0.25, 0.3) is 0 Å². The minimum absolute atomic E-state index is 0.221. The van der Waals surface area contributed by atoms with Gasteiger partial charge in [0, 0.05) is 30.0 Å². The molecular weight excluding hydrogens is 238 g/mol. The molecule has 0 unspecified atom stereocenters. The van der Waals surface area contributed by atoms with Gasteiger partial charge in [0.25, 0.3) is 5.91 Å². The van der Waals surface area contributed by atoms with Crippen LogP contribution in [0.15, 0.2) is 30.6 Å². The number of aryl methyl sites for hydroxylation is 2. The maximum absolute atomic E-state index is 11.9. The molecule has 88 valence electrons. The number of amides is 1. The van der Waals surface area contributed by atoms with Crippen LogP contribution in [0.5, 0.6) is 0 Å². The molecule has 2 rings (SSSR count). The summed E-state index contributed by atoms with van der Waals surface area (Å²) in [7, 11) is 1.81. The van der Waals surface area contributed by atoms with Crippen LogP contribution in [0, 0.1) is 6.92 Å². The molecule has 0 saturated carbocycles. The number of hydrogen-bond acceptors (Lipinski definition) is 2. The lowest BCUT2D eigenvalue weighted by Crippen LogP contribution is -2.14. The van der Waals surface area contributed by atoms with Crippen molar-refractivity contribution in [2.24, 2.45) is 7.05 Å². The summed E-state index contributed by atoms with van der Waals surface area (Å²) in [5, 5.41) is 3.29. The van der Waals surface area contributed by atoms with E-state index >= 15 is 0 Å². The minimum Gasteiger partial charge on any atom is -0.320 e. The Balaban J connectivity index is 2.20. The van der Waals surface area contributed by atoms with E-state index in [1.165, 1.54) is 0 Å². The lowest BCUT2D eigenvalue weighted by molar-refractivity contribution is 0.102. The van der Waals surface area contributed by atoms with Crippen LogP contribution >= 0.6 is 11.6 Å². The molecule has 0 spiro atoms. The van der Waals surface area contributed by atoms with Crippen molar-refractivity contribution >= 4 is 23.5 Å². The van der Waals surface area contributed by atoms with Gasteiger partial charge in [-0.05, 0) is 24.6 Å². The number of nitrogens with zero attached hydrogens (tertiary/aromatic N) is 2. The van der Waals surface area contributed by atoms with Crippen LogP contribution in [0.3, 0.4) is 0 Å². The zero-order valence-corrected chi connectivity index (χ0v) is 10.3. The number of rotatable bonds is 2. The Kier molecular flexibility index (Phi) is 3.15. The van der Waals surface area contributed by atoms with Gasteiger partial charge in [-0.3, -0.25) is 10.1 Å². The van der Waals surface area contributed by atoms with Crippen LogP contribution < -0.4 is 5.32 Å². The van der Waals surface area contributed by atoms with Gasteiger partial charge in [-0.15, -0.1) is 0 Å². The van der Waals surface area contributed by atoms with Crippen molar-refractivity contribution in [2.45, 2.75) is 6.92 Å². The van der Waals surface area contributed by atoms with E-state index in [-0.39, 0.29) is 5.91 Å². The van der Waals surface area contributed by atoms with Gasteiger partial charge in [0.15, 0.2) is 0 Å². The number of nitrogens with one attached hydrogen (secondary N) is 1. The molecule has 0 saturated heterocycles. The predicted octanol–water partition coefficient (Wildman–Crippen LogP) is 2.63. The third kappa shape index (κ3) is 2.47. The van der Waals surface area contributed by atoms with Gasteiger partial charge >= 0.3 is 0 Å². The van der Waals surface area contributed by atoms with Crippen molar-refractivity contribution in [1.82, 2.24) is 9.55 Å². The van der Waals surface area contributed by atoms with E-state index in [0.29, 0.717) is 16.5 Å². The first kappa shape index (κ1) is 11.7. The number of benzene rings is 1. The van der Waals surface area contributed by atoms with Gasteiger partial charge in [-0.1, -0.05) is 17.7 Å². The van der Waals surface area contributed by atoms with E-state index in [1.54, 1.807) is 29.1 Å². The highest BCUT2D eigenvalue weighted by molar-refractivity contribution is 6.31. The Labute approximate surface area is 104 Å². The van der Waals surface area contributed by atoms with Crippen LogP contribution in [-0.4, -0.2) is 15.5 Å². The Hall–Kier alpha value is -1.81. The van der Waals surface area contributed by atoms with Gasteiger partial charge < -0.3 is 4.57 Å². The molecule has 0 aliphatic heterocycles. The number of imidazole rings is 1. The van der Waals surface area contributed by atoms with Gasteiger partial charge in [-0.2, -0.15) is 0 Å². The average Bonchev–Trinajstić information content (AvgIpc) is 2.68. The molecule has 1 heterocycles. The molecule has 1 amide bonds. The fourth-order valence-corrected chi connectivity index (χ4v) is 1.57. The van der Waals surface area contributed by atoms with Crippen molar-refractivity contribution in [2.75, 3.05) is 5.32 Å². The number of halogens is 1. The lowest BCUT2D eigenvalue weighted by atomic mass is 10.1. The Morgan fingerprint density at radius 3 is 2.82 bits per heavy atom. The van der Waals surface area contributed by atoms with Gasteiger partial charge in [0.1, 0.15) is 0 Å². The minimum atomic E-state index is -0.221. The molecule has 0 bridgehead atoms. The van der Waals surface area contributed by atoms with Crippen LogP contribution in [0.1, 0.15) is 15.9 Å². The highest BCUT2D eigenvalue weighted by Crippen LogP contribution is 2.17. The first-order chi connectivity index (χ1) is 8.08. The smallest absolute Gasteiger partial charge is 0.258 e. The number of carbonyl (C=O) groups is 1. The Morgan fingerprint density at radius 1 is 1.47 bits per heavy atom. The number of hydrogen-bond donors (Lipinski definition) is 1. The van der Waals surface area contributed by atoms with Crippen molar-refractivity contribution in [3.8, 4) is 0 Å². The zero-order chi connectivity index (χ0) is 12.4. The molecule has 17 heavy (non-hydrogen) atoms. The third-order valence-electron chi connectivity index (χ3n) is 2.48. The molecular formula is C12H12ClN3O. The second-order valence-corrected chi connectivity index (χ2v) is 4.19. The molecule has 0 atom stereocenters. The summed E-state index contributed by atoms with van der Waals surface area (Å²) in [6.45, 7) is 1.89. The fourth-order valence-electron chi connectivity index (χ4n) is 1.39. The van der Waals surface area contributed by atoms with E-state index in [1.807, 2.05) is 20.0 Å². The van der Waals surface area contributed by atoms with E-state index in [4.69, 9.17) is 11.6 Å². The van der Waals surface area contributed by atoms with Crippen molar-refractivity contribution in [1.29, 1.82) is 0 Å². The molecule has 2 aromatic rings. The maximum Gasteiger partial charge on any atom is 0.258 e. The lowest BCUT2D eigenvalue weighted by Gasteiger charge is -2.06. The summed E-state index contributed by atoms with van der Waals surface area (Å²) < 4.78 is 1.73. The third-order valence-corrected chi connectivity index (χ3v) is 2.89. The van der Waals surface area contributed by atoms with E-state index in [2.05, 4.69) is 10.3 Å².